The van der Waals surface area contributed by atoms with Gasteiger partial charge in [0.25, 0.3) is 5.91 Å². The Morgan fingerprint density at radius 1 is 1.08 bits per heavy atom. The molecule has 4 heteroatoms. The van der Waals surface area contributed by atoms with Crippen LogP contribution >= 0.6 is 0 Å². The number of benzene rings is 2. The zero-order valence-corrected chi connectivity index (χ0v) is 14.0. The van der Waals surface area contributed by atoms with Gasteiger partial charge in [0, 0.05) is 0 Å². The number of para-hydroxylation sites is 2. The van der Waals surface area contributed by atoms with Crippen molar-refractivity contribution in [3.8, 4) is 11.5 Å². The van der Waals surface area contributed by atoms with Gasteiger partial charge >= 0.3 is 0 Å². The van der Waals surface area contributed by atoms with Crippen LogP contribution in [0.3, 0.4) is 0 Å². The standard InChI is InChI=1S/C20H23NO3/c1-2-13-23-18-9-5-6-10-19(18)24-14-20(22)21-17-12-11-15-7-3-4-8-16(15)17/h3-10,17H,2,11-14H2,1H3,(H,21,22)/t17-/m0/s1. The van der Waals surface area contributed by atoms with Crippen LogP contribution in [0.1, 0.15) is 36.9 Å². The van der Waals surface area contributed by atoms with E-state index in [1.165, 1.54) is 11.1 Å². The molecule has 24 heavy (non-hydrogen) atoms. The van der Waals surface area contributed by atoms with Crippen molar-refractivity contribution in [2.24, 2.45) is 0 Å². The maximum absolute atomic E-state index is 12.2. The summed E-state index contributed by atoms with van der Waals surface area (Å²) in [4.78, 5) is 12.2. The summed E-state index contributed by atoms with van der Waals surface area (Å²) < 4.78 is 11.3. The lowest BCUT2D eigenvalue weighted by atomic mass is 10.1. The van der Waals surface area contributed by atoms with Crippen LogP contribution in [0.2, 0.25) is 0 Å². The minimum Gasteiger partial charge on any atom is -0.490 e. The number of aryl methyl sites for hydroxylation is 1. The molecular weight excluding hydrogens is 302 g/mol. The van der Waals surface area contributed by atoms with Crippen LogP contribution in [-0.2, 0) is 11.2 Å². The van der Waals surface area contributed by atoms with Crippen molar-refractivity contribution < 1.29 is 14.3 Å². The number of ether oxygens (including phenoxy) is 2. The van der Waals surface area contributed by atoms with E-state index in [0.717, 1.165) is 19.3 Å². The SMILES string of the molecule is CCCOc1ccccc1OCC(=O)N[C@H]1CCc2ccccc21. The molecule has 4 nitrogen and oxygen atoms in total. The molecule has 1 atom stereocenters. The van der Waals surface area contributed by atoms with Gasteiger partial charge < -0.3 is 14.8 Å². The molecule has 0 saturated carbocycles. The Labute approximate surface area is 142 Å². The fraction of sp³-hybridized carbons (Fsp3) is 0.350. The first-order chi connectivity index (χ1) is 11.8. The lowest BCUT2D eigenvalue weighted by Crippen LogP contribution is -2.31. The summed E-state index contributed by atoms with van der Waals surface area (Å²) in [7, 11) is 0. The number of hydrogen-bond donors (Lipinski definition) is 1. The fourth-order valence-electron chi connectivity index (χ4n) is 2.99. The van der Waals surface area contributed by atoms with Crippen molar-refractivity contribution in [3.05, 3.63) is 59.7 Å². The minimum atomic E-state index is -0.109. The highest BCUT2D eigenvalue weighted by atomic mass is 16.5. The van der Waals surface area contributed by atoms with Gasteiger partial charge in [0.05, 0.1) is 12.6 Å². The molecule has 126 valence electrons. The summed E-state index contributed by atoms with van der Waals surface area (Å²) in [5.74, 6) is 1.17. The maximum atomic E-state index is 12.2. The van der Waals surface area contributed by atoms with E-state index in [4.69, 9.17) is 9.47 Å². The van der Waals surface area contributed by atoms with Gasteiger partial charge in [0.2, 0.25) is 0 Å². The molecule has 0 saturated heterocycles. The van der Waals surface area contributed by atoms with Crippen molar-refractivity contribution in [3.63, 3.8) is 0 Å². The number of carbonyl (C=O) groups excluding carboxylic acids is 1. The van der Waals surface area contributed by atoms with Crippen LogP contribution < -0.4 is 14.8 Å². The van der Waals surface area contributed by atoms with E-state index in [-0.39, 0.29) is 18.6 Å². The van der Waals surface area contributed by atoms with Crippen molar-refractivity contribution in [1.82, 2.24) is 5.32 Å². The molecule has 1 amide bonds. The first-order valence-electron chi connectivity index (χ1n) is 8.49. The number of carbonyl (C=O) groups is 1. The third-order valence-electron chi connectivity index (χ3n) is 4.14. The third-order valence-corrected chi connectivity index (χ3v) is 4.14. The van der Waals surface area contributed by atoms with E-state index in [2.05, 4.69) is 24.4 Å². The lowest BCUT2D eigenvalue weighted by Gasteiger charge is -2.15. The van der Waals surface area contributed by atoms with Gasteiger partial charge in [0.1, 0.15) is 0 Å². The number of fused-ring (bicyclic) bond motifs is 1. The Morgan fingerprint density at radius 3 is 2.58 bits per heavy atom. The molecule has 2 aromatic rings. The molecule has 0 spiro atoms. The molecule has 1 N–H and O–H groups in total. The van der Waals surface area contributed by atoms with E-state index in [0.29, 0.717) is 18.1 Å². The van der Waals surface area contributed by atoms with E-state index < -0.39 is 0 Å². The molecular formula is C20H23NO3. The monoisotopic (exact) mass is 325 g/mol. The second-order valence-electron chi connectivity index (χ2n) is 5.94. The maximum Gasteiger partial charge on any atom is 0.258 e. The number of amides is 1. The highest BCUT2D eigenvalue weighted by molar-refractivity contribution is 5.78. The smallest absolute Gasteiger partial charge is 0.258 e. The van der Waals surface area contributed by atoms with E-state index in [1.807, 2.05) is 36.4 Å². The number of nitrogens with one attached hydrogen (secondary N) is 1. The van der Waals surface area contributed by atoms with Gasteiger partial charge in [-0.2, -0.15) is 0 Å². The van der Waals surface area contributed by atoms with Crippen molar-refractivity contribution >= 4 is 5.91 Å². The summed E-state index contributed by atoms with van der Waals surface area (Å²) in [5.41, 5.74) is 2.54. The van der Waals surface area contributed by atoms with E-state index in [1.54, 1.807) is 0 Å². The summed E-state index contributed by atoms with van der Waals surface area (Å²) in [6.45, 7) is 2.67. The molecule has 2 aromatic carbocycles. The third kappa shape index (κ3) is 3.88. The summed E-state index contributed by atoms with van der Waals surface area (Å²) in [6, 6.07) is 15.8. The number of hydrogen-bond acceptors (Lipinski definition) is 3. The molecule has 0 fully saturated rings. The Kier molecular flexibility index (Phi) is 5.36. The molecule has 0 radical (unpaired) electrons. The quantitative estimate of drug-likeness (QED) is 0.845. The average molecular weight is 325 g/mol. The zero-order valence-electron chi connectivity index (χ0n) is 14.0. The number of rotatable bonds is 7. The van der Waals surface area contributed by atoms with E-state index >= 15 is 0 Å². The van der Waals surface area contributed by atoms with Crippen molar-refractivity contribution in [1.29, 1.82) is 0 Å². The molecule has 1 aliphatic rings. The summed E-state index contributed by atoms with van der Waals surface area (Å²) in [5, 5.41) is 3.06. The second-order valence-corrected chi connectivity index (χ2v) is 5.94. The van der Waals surface area contributed by atoms with Crippen LogP contribution in [0.5, 0.6) is 11.5 Å². The molecule has 0 aromatic heterocycles. The Hall–Kier alpha value is -2.49. The Balaban J connectivity index is 1.55. The minimum absolute atomic E-state index is 0.00876. The molecule has 1 aliphatic carbocycles. The largest absolute Gasteiger partial charge is 0.490 e. The van der Waals surface area contributed by atoms with Crippen LogP contribution in [0, 0.1) is 0 Å². The molecule has 0 bridgehead atoms. The van der Waals surface area contributed by atoms with Crippen LogP contribution in [0.4, 0.5) is 0 Å². The van der Waals surface area contributed by atoms with Crippen molar-refractivity contribution in [2.75, 3.05) is 13.2 Å². The normalized spacial score (nSPS) is 15.6. The topological polar surface area (TPSA) is 47.6 Å². The van der Waals surface area contributed by atoms with Crippen LogP contribution in [0.15, 0.2) is 48.5 Å². The van der Waals surface area contributed by atoms with Gasteiger partial charge in [-0.1, -0.05) is 43.3 Å². The molecule has 0 heterocycles. The van der Waals surface area contributed by atoms with Gasteiger partial charge in [-0.25, -0.2) is 0 Å². The van der Waals surface area contributed by atoms with Crippen LogP contribution in [0.25, 0.3) is 0 Å². The summed E-state index contributed by atoms with van der Waals surface area (Å²) >= 11 is 0. The highest BCUT2D eigenvalue weighted by Crippen LogP contribution is 2.31. The van der Waals surface area contributed by atoms with E-state index in [9.17, 15) is 4.79 Å². The first kappa shape index (κ1) is 16.4. The fourth-order valence-corrected chi connectivity index (χ4v) is 2.99. The Bertz CT molecular complexity index is 699. The first-order valence-corrected chi connectivity index (χ1v) is 8.49. The molecule has 3 rings (SSSR count). The highest BCUT2D eigenvalue weighted by Gasteiger charge is 2.23. The average Bonchev–Trinajstić information content (AvgIpc) is 3.02. The summed E-state index contributed by atoms with van der Waals surface area (Å²) in [6.07, 6.45) is 2.88. The van der Waals surface area contributed by atoms with Crippen molar-refractivity contribution in [2.45, 2.75) is 32.2 Å². The van der Waals surface area contributed by atoms with Gasteiger partial charge in [-0.15, -0.1) is 0 Å². The predicted octanol–water partition coefficient (Wildman–Crippen LogP) is 3.66. The van der Waals surface area contributed by atoms with Gasteiger partial charge in [-0.3, -0.25) is 4.79 Å². The van der Waals surface area contributed by atoms with Gasteiger partial charge in [-0.05, 0) is 42.5 Å². The lowest BCUT2D eigenvalue weighted by molar-refractivity contribution is -0.123. The van der Waals surface area contributed by atoms with Crippen LogP contribution in [-0.4, -0.2) is 19.1 Å². The predicted molar refractivity (Wildman–Crippen MR) is 93.4 cm³/mol. The second kappa shape index (κ2) is 7.86. The Morgan fingerprint density at radius 2 is 1.79 bits per heavy atom. The molecule has 0 unspecified atom stereocenters. The van der Waals surface area contributed by atoms with Gasteiger partial charge in [0.15, 0.2) is 18.1 Å². The zero-order chi connectivity index (χ0) is 16.8. The molecule has 0 aliphatic heterocycles.